The predicted molar refractivity (Wildman–Crippen MR) is 116 cm³/mol. The van der Waals surface area contributed by atoms with Crippen molar-refractivity contribution in [2.45, 2.75) is 13.5 Å². The maximum atomic E-state index is 13.0. The molecule has 1 fully saturated rings. The Hall–Kier alpha value is -3.52. The zero-order chi connectivity index (χ0) is 20.2. The topological polar surface area (TPSA) is 52.3 Å². The monoisotopic (exact) mass is 384 g/mol. The van der Waals surface area contributed by atoms with Gasteiger partial charge in [-0.2, -0.15) is 5.26 Å². The van der Waals surface area contributed by atoms with Gasteiger partial charge in [0.1, 0.15) is 11.6 Å². The number of benzene rings is 2. The summed E-state index contributed by atoms with van der Waals surface area (Å²) in [5.41, 5.74) is 3.39. The normalized spacial score (nSPS) is 14.8. The minimum absolute atomic E-state index is 0.187. The maximum Gasteiger partial charge on any atom is 0.264 e. The Balaban J connectivity index is 1.53. The molecule has 5 nitrogen and oxygen atoms in total. The number of aryl methyl sites for hydroxylation is 1. The maximum absolute atomic E-state index is 13.0. The first-order chi connectivity index (χ1) is 14.2. The molecule has 1 saturated heterocycles. The first-order valence-corrected chi connectivity index (χ1v) is 10.00. The van der Waals surface area contributed by atoms with Crippen LogP contribution in [0, 0.1) is 11.3 Å². The van der Waals surface area contributed by atoms with Crippen LogP contribution in [-0.2, 0) is 11.3 Å². The number of aromatic nitrogens is 1. The van der Waals surface area contributed by atoms with Crippen LogP contribution < -0.4 is 4.90 Å². The van der Waals surface area contributed by atoms with E-state index in [0.717, 1.165) is 36.1 Å². The molecule has 1 aromatic heterocycles. The number of para-hydroxylation sites is 2. The minimum atomic E-state index is -0.187. The number of carbonyl (C=O) groups excluding carboxylic acids is 1. The number of hydrogen-bond donors (Lipinski definition) is 0. The zero-order valence-corrected chi connectivity index (χ0v) is 16.6. The molecule has 2 heterocycles. The van der Waals surface area contributed by atoms with Crippen LogP contribution in [0.5, 0.6) is 0 Å². The summed E-state index contributed by atoms with van der Waals surface area (Å²) >= 11 is 0. The van der Waals surface area contributed by atoms with Crippen molar-refractivity contribution in [1.29, 1.82) is 5.26 Å². The van der Waals surface area contributed by atoms with Gasteiger partial charge in [0, 0.05) is 61.1 Å². The molecular weight excluding hydrogens is 360 g/mol. The van der Waals surface area contributed by atoms with E-state index in [1.165, 1.54) is 5.69 Å². The summed E-state index contributed by atoms with van der Waals surface area (Å²) in [4.78, 5) is 17.1. The zero-order valence-electron chi connectivity index (χ0n) is 16.6. The van der Waals surface area contributed by atoms with Gasteiger partial charge < -0.3 is 14.4 Å². The second-order valence-corrected chi connectivity index (χ2v) is 7.17. The molecule has 0 bridgehead atoms. The molecule has 29 heavy (non-hydrogen) atoms. The van der Waals surface area contributed by atoms with E-state index < -0.39 is 0 Å². The molecule has 0 aliphatic carbocycles. The third-order valence-corrected chi connectivity index (χ3v) is 5.50. The number of amides is 1. The molecule has 4 rings (SSSR count). The first kappa shape index (κ1) is 18.8. The van der Waals surface area contributed by atoms with Crippen LogP contribution in [0.4, 0.5) is 5.69 Å². The van der Waals surface area contributed by atoms with E-state index in [1.807, 2.05) is 42.6 Å². The highest BCUT2D eigenvalue weighted by Gasteiger charge is 2.24. The van der Waals surface area contributed by atoms with Crippen molar-refractivity contribution >= 4 is 28.6 Å². The molecule has 0 N–H and O–H groups in total. The van der Waals surface area contributed by atoms with Gasteiger partial charge in [0.05, 0.1) is 0 Å². The number of anilines is 1. The molecule has 0 atom stereocenters. The third-order valence-electron chi connectivity index (χ3n) is 5.50. The summed E-state index contributed by atoms with van der Waals surface area (Å²) in [6, 6.07) is 20.4. The van der Waals surface area contributed by atoms with Gasteiger partial charge >= 0.3 is 0 Å². The van der Waals surface area contributed by atoms with Gasteiger partial charge in [0.2, 0.25) is 0 Å². The summed E-state index contributed by atoms with van der Waals surface area (Å²) in [6.45, 7) is 5.69. The smallest absolute Gasteiger partial charge is 0.264 e. The summed E-state index contributed by atoms with van der Waals surface area (Å²) in [5.74, 6) is -0.187. The predicted octanol–water partition coefficient (Wildman–Crippen LogP) is 3.92. The summed E-state index contributed by atoms with van der Waals surface area (Å²) in [7, 11) is 0. The highest BCUT2D eigenvalue weighted by molar-refractivity contribution is 6.04. The number of nitriles is 1. The largest absolute Gasteiger partial charge is 0.368 e. The minimum Gasteiger partial charge on any atom is -0.368 e. The highest BCUT2D eigenvalue weighted by Crippen LogP contribution is 2.24. The lowest BCUT2D eigenvalue weighted by molar-refractivity contribution is -0.126. The molecule has 146 valence electrons. The fraction of sp³-hybridized carbons (Fsp3) is 0.250. The SMILES string of the molecule is CCn1cc(C=C(C#N)C(=O)N2CCN(c3ccccc3)CC2)c2ccccc21. The van der Waals surface area contributed by atoms with Gasteiger partial charge in [0.25, 0.3) is 5.91 Å². The Bertz CT molecular complexity index is 1080. The van der Waals surface area contributed by atoms with E-state index in [4.69, 9.17) is 0 Å². The van der Waals surface area contributed by atoms with Crippen LogP contribution in [-0.4, -0.2) is 41.6 Å². The molecule has 0 spiro atoms. The average molecular weight is 384 g/mol. The van der Waals surface area contributed by atoms with Crippen LogP contribution in [0.2, 0.25) is 0 Å². The quantitative estimate of drug-likeness (QED) is 0.506. The average Bonchev–Trinajstić information content (AvgIpc) is 3.15. The number of fused-ring (bicyclic) bond motifs is 1. The van der Waals surface area contributed by atoms with E-state index in [9.17, 15) is 10.1 Å². The highest BCUT2D eigenvalue weighted by atomic mass is 16.2. The fourth-order valence-electron chi connectivity index (χ4n) is 3.93. The second kappa shape index (κ2) is 8.24. The summed E-state index contributed by atoms with van der Waals surface area (Å²) in [5, 5.41) is 10.7. The molecule has 1 aliphatic heterocycles. The Morgan fingerprint density at radius 1 is 1.03 bits per heavy atom. The van der Waals surface area contributed by atoms with Crippen LogP contribution in [0.25, 0.3) is 17.0 Å². The lowest BCUT2D eigenvalue weighted by Gasteiger charge is -2.36. The van der Waals surface area contributed by atoms with Crippen LogP contribution >= 0.6 is 0 Å². The third kappa shape index (κ3) is 3.74. The van der Waals surface area contributed by atoms with Crippen molar-refractivity contribution in [1.82, 2.24) is 9.47 Å². The number of nitrogens with zero attached hydrogens (tertiary/aromatic N) is 4. The van der Waals surface area contributed by atoms with E-state index >= 15 is 0 Å². The van der Waals surface area contributed by atoms with Gasteiger partial charge in [-0.3, -0.25) is 4.79 Å². The summed E-state index contributed by atoms with van der Waals surface area (Å²) < 4.78 is 2.14. The molecule has 0 saturated carbocycles. The van der Waals surface area contributed by atoms with E-state index in [2.05, 4.69) is 40.7 Å². The van der Waals surface area contributed by atoms with Crippen LogP contribution in [0.3, 0.4) is 0 Å². The van der Waals surface area contributed by atoms with Crippen LogP contribution in [0.15, 0.2) is 66.4 Å². The molecule has 0 unspecified atom stereocenters. The molecule has 5 heteroatoms. The van der Waals surface area contributed by atoms with E-state index in [-0.39, 0.29) is 11.5 Å². The molecule has 1 aliphatic rings. The standard InChI is InChI=1S/C24H24N4O/c1-2-26-18-20(22-10-6-7-11-23(22)26)16-19(17-25)24(29)28-14-12-27(13-15-28)21-8-4-3-5-9-21/h3-11,16,18H,2,12-15H2,1H3. The Kier molecular flexibility index (Phi) is 5.35. The lowest BCUT2D eigenvalue weighted by atomic mass is 10.1. The molecular formula is C24H24N4O. The van der Waals surface area contributed by atoms with Gasteiger partial charge in [-0.1, -0.05) is 36.4 Å². The lowest BCUT2D eigenvalue weighted by Crippen LogP contribution is -2.49. The van der Waals surface area contributed by atoms with Crippen molar-refractivity contribution in [2.24, 2.45) is 0 Å². The Morgan fingerprint density at radius 3 is 2.41 bits per heavy atom. The Morgan fingerprint density at radius 2 is 1.72 bits per heavy atom. The molecule has 2 aromatic carbocycles. The van der Waals surface area contributed by atoms with Crippen molar-refractivity contribution in [2.75, 3.05) is 31.1 Å². The van der Waals surface area contributed by atoms with Crippen molar-refractivity contribution in [3.05, 3.63) is 71.9 Å². The van der Waals surface area contributed by atoms with E-state index in [0.29, 0.717) is 13.1 Å². The number of carbonyl (C=O) groups is 1. The number of hydrogen-bond acceptors (Lipinski definition) is 3. The van der Waals surface area contributed by atoms with Crippen molar-refractivity contribution in [3.63, 3.8) is 0 Å². The summed E-state index contributed by atoms with van der Waals surface area (Å²) in [6.07, 6.45) is 3.75. The second-order valence-electron chi connectivity index (χ2n) is 7.17. The Labute approximate surface area is 171 Å². The van der Waals surface area contributed by atoms with E-state index in [1.54, 1.807) is 11.0 Å². The van der Waals surface area contributed by atoms with Gasteiger partial charge in [-0.05, 0) is 31.2 Å². The van der Waals surface area contributed by atoms with Crippen molar-refractivity contribution < 1.29 is 4.79 Å². The fourth-order valence-corrected chi connectivity index (χ4v) is 3.93. The molecule has 0 radical (unpaired) electrons. The van der Waals surface area contributed by atoms with Gasteiger partial charge in [-0.15, -0.1) is 0 Å². The first-order valence-electron chi connectivity index (χ1n) is 10.00. The number of rotatable bonds is 4. The molecule has 1 amide bonds. The number of piperazine rings is 1. The van der Waals surface area contributed by atoms with Crippen LogP contribution in [0.1, 0.15) is 12.5 Å². The van der Waals surface area contributed by atoms with Gasteiger partial charge in [-0.25, -0.2) is 0 Å². The van der Waals surface area contributed by atoms with Crippen molar-refractivity contribution in [3.8, 4) is 6.07 Å². The molecule has 3 aromatic rings. The van der Waals surface area contributed by atoms with Gasteiger partial charge in [0.15, 0.2) is 0 Å².